The van der Waals surface area contributed by atoms with Crippen LogP contribution in [0.15, 0.2) is 23.0 Å². The molecule has 27 heavy (non-hydrogen) atoms. The Bertz CT molecular complexity index is 938. The minimum absolute atomic E-state index is 0.0767. The summed E-state index contributed by atoms with van der Waals surface area (Å²) in [4.78, 5) is 41.2. The lowest BCUT2D eigenvalue weighted by Crippen LogP contribution is -2.45. The molecule has 2 fully saturated rings. The highest BCUT2D eigenvalue weighted by atomic mass is 16.4. The number of carbonyl (C=O) groups is 2. The Morgan fingerprint density at radius 2 is 1.93 bits per heavy atom. The van der Waals surface area contributed by atoms with Crippen molar-refractivity contribution in [3.8, 4) is 0 Å². The van der Waals surface area contributed by atoms with Gasteiger partial charge in [0.25, 0.3) is 5.91 Å². The van der Waals surface area contributed by atoms with Gasteiger partial charge in [0.15, 0.2) is 0 Å². The molecule has 1 saturated carbocycles. The van der Waals surface area contributed by atoms with E-state index in [0.717, 1.165) is 31.2 Å². The molecule has 7 heteroatoms. The zero-order chi connectivity index (χ0) is 19.1. The van der Waals surface area contributed by atoms with Gasteiger partial charge in [-0.15, -0.1) is 0 Å². The zero-order valence-corrected chi connectivity index (χ0v) is 15.5. The summed E-state index contributed by atoms with van der Waals surface area (Å²) < 4.78 is 1.83. The zero-order valence-electron chi connectivity index (χ0n) is 15.5. The average Bonchev–Trinajstić information content (AvgIpc) is 3.26. The second kappa shape index (κ2) is 6.87. The van der Waals surface area contributed by atoms with Gasteiger partial charge in [-0.25, -0.2) is 4.79 Å². The fourth-order valence-corrected chi connectivity index (χ4v) is 4.67. The quantitative estimate of drug-likeness (QED) is 0.867. The summed E-state index contributed by atoms with van der Waals surface area (Å²) in [5.74, 6) is -1.37. The molecule has 7 nitrogen and oxygen atoms in total. The van der Waals surface area contributed by atoms with Crippen molar-refractivity contribution in [2.75, 3.05) is 13.1 Å². The van der Waals surface area contributed by atoms with Gasteiger partial charge in [-0.05, 0) is 43.4 Å². The van der Waals surface area contributed by atoms with Gasteiger partial charge >= 0.3 is 11.7 Å². The van der Waals surface area contributed by atoms with Crippen LogP contribution in [-0.4, -0.2) is 44.5 Å². The molecule has 4 rings (SSSR count). The van der Waals surface area contributed by atoms with Crippen molar-refractivity contribution >= 4 is 22.9 Å². The number of nitrogens with one attached hydrogen (secondary N) is 1. The van der Waals surface area contributed by atoms with Crippen LogP contribution < -0.4 is 5.69 Å². The third kappa shape index (κ3) is 3.15. The Morgan fingerprint density at radius 1 is 1.19 bits per heavy atom. The van der Waals surface area contributed by atoms with Crippen LogP contribution in [0.1, 0.15) is 55.4 Å². The number of carbonyl (C=O) groups excluding carboxylic acids is 1. The number of aromatic nitrogens is 2. The van der Waals surface area contributed by atoms with Gasteiger partial charge in [0.05, 0.1) is 17.0 Å². The normalized spacial score (nSPS) is 23.8. The fourth-order valence-electron chi connectivity index (χ4n) is 4.67. The Kier molecular flexibility index (Phi) is 4.53. The number of imidazole rings is 1. The molecule has 0 bridgehead atoms. The van der Waals surface area contributed by atoms with Crippen molar-refractivity contribution in [1.29, 1.82) is 0 Å². The van der Waals surface area contributed by atoms with Gasteiger partial charge in [-0.2, -0.15) is 0 Å². The molecule has 2 unspecified atom stereocenters. The number of likely N-dealkylation sites (tertiary alicyclic amines) is 1. The van der Waals surface area contributed by atoms with Gasteiger partial charge in [0.2, 0.25) is 0 Å². The molecule has 2 heterocycles. The van der Waals surface area contributed by atoms with E-state index in [1.165, 1.54) is 0 Å². The number of carboxylic acid groups (broad SMARTS) is 1. The maximum atomic E-state index is 12.9. The summed E-state index contributed by atoms with van der Waals surface area (Å²) in [6.45, 7) is 2.76. The number of H-pyrrole nitrogens is 1. The van der Waals surface area contributed by atoms with Crippen molar-refractivity contribution in [2.24, 2.45) is 11.8 Å². The number of piperidine rings is 1. The van der Waals surface area contributed by atoms with Gasteiger partial charge in [0, 0.05) is 24.7 Å². The molecule has 2 atom stereocenters. The summed E-state index contributed by atoms with van der Waals surface area (Å²) in [5, 5.41) is 9.25. The first-order chi connectivity index (χ1) is 13.0. The number of amides is 1. The highest BCUT2D eigenvalue weighted by Crippen LogP contribution is 2.31. The summed E-state index contributed by atoms with van der Waals surface area (Å²) in [6.07, 6.45) is 4.79. The van der Waals surface area contributed by atoms with E-state index in [1.807, 2.05) is 17.6 Å². The number of fused-ring (bicyclic) bond motifs is 1. The van der Waals surface area contributed by atoms with E-state index in [9.17, 15) is 19.5 Å². The molecule has 0 spiro atoms. The monoisotopic (exact) mass is 371 g/mol. The van der Waals surface area contributed by atoms with Crippen LogP contribution in [0, 0.1) is 11.8 Å². The van der Waals surface area contributed by atoms with E-state index in [0.29, 0.717) is 30.6 Å². The first-order valence-corrected chi connectivity index (χ1v) is 9.72. The predicted octanol–water partition coefficient (Wildman–Crippen LogP) is 2.63. The lowest BCUT2D eigenvalue weighted by Gasteiger charge is -2.35. The molecule has 1 aliphatic carbocycles. The second-order valence-corrected chi connectivity index (χ2v) is 7.93. The minimum Gasteiger partial charge on any atom is -0.481 e. The first kappa shape index (κ1) is 17.8. The van der Waals surface area contributed by atoms with Crippen LogP contribution in [-0.2, 0) is 4.79 Å². The molecule has 1 aromatic carbocycles. The van der Waals surface area contributed by atoms with Crippen LogP contribution in [0.2, 0.25) is 0 Å². The van der Waals surface area contributed by atoms with Gasteiger partial charge in [-0.1, -0.05) is 19.8 Å². The fraction of sp³-hybridized carbons (Fsp3) is 0.550. The summed E-state index contributed by atoms with van der Waals surface area (Å²) >= 11 is 0. The number of benzene rings is 1. The van der Waals surface area contributed by atoms with Crippen molar-refractivity contribution in [3.05, 3.63) is 34.2 Å². The number of carboxylic acids is 1. The Hall–Kier alpha value is -2.57. The molecule has 0 radical (unpaired) electrons. The lowest BCUT2D eigenvalue weighted by atomic mass is 9.87. The molecule has 1 amide bonds. The van der Waals surface area contributed by atoms with E-state index in [1.54, 1.807) is 17.0 Å². The summed E-state index contributed by atoms with van der Waals surface area (Å²) in [6, 6.07) is 5.62. The summed E-state index contributed by atoms with van der Waals surface area (Å²) in [7, 11) is 0. The lowest BCUT2D eigenvalue weighted by molar-refractivity contribution is -0.145. The molecule has 1 saturated heterocycles. The largest absolute Gasteiger partial charge is 0.481 e. The SMILES string of the molecule is CC1CN(C(=O)c2ccc3c(c2)[nH]c(=O)n3C2CCCC2)CCC1C(=O)O. The van der Waals surface area contributed by atoms with Crippen molar-refractivity contribution < 1.29 is 14.7 Å². The predicted molar refractivity (Wildman–Crippen MR) is 101 cm³/mol. The summed E-state index contributed by atoms with van der Waals surface area (Å²) in [5.41, 5.74) is 1.95. The average molecular weight is 371 g/mol. The Morgan fingerprint density at radius 3 is 2.59 bits per heavy atom. The number of rotatable bonds is 3. The first-order valence-electron chi connectivity index (χ1n) is 9.72. The maximum absolute atomic E-state index is 12.9. The third-order valence-electron chi connectivity index (χ3n) is 6.16. The molecule has 1 aliphatic heterocycles. The van der Waals surface area contributed by atoms with Gasteiger partial charge in [0.1, 0.15) is 0 Å². The standard InChI is InChI=1S/C20H25N3O4/c1-12-11-22(9-8-15(12)19(25)26)18(24)13-6-7-17-16(10-13)21-20(27)23(17)14-4-2-3-5-14/h6-7,10,12,14-15H,2-5,8-9,11H2,1H3,(H,21,27)(H,25,26). The van der Waals surface area contributed by atoms with Crippen LogP contribution in [0.5, 0.6) is 0 Å². The smallest absolute Gasteiger partial charge is 0.326 e. The van der Waals surface area contributed by atoms with Crippen LogP contribution >= 0.6 is 0 Å². The van der Waals surface area contributed by atoms with E-state index < -0.39 is 11.9 Å². The highest BCUT2D eigenvalue weighted by molar-refractivity contribution is 5.97. The topological polar surface area (TPSA) is 95.4 Å². The third-order valence-corrected chi connectivity index (χ3v) is 6.16. The number of aromatic amines is 1. The molecule has 144 valence electrons. The van der Waals surface area contributed by atoms with Crippen molar-refractivity contribution in [1.82, 2.24) is 14.5 Å². The molecule has 2 aromatic rings. The number of nitrogens with zero attached hydrogens (tertiary/aromatic N) is 2. The molecule has 2 aliphatic rings. The van der Waals surface area contributed by atoms with Crippen LogP contribution in [0.25, 0.3) is 11.0 Å². The minimum atomic E-state index is -0.790. The van der Waals surface area contributed by atoms with E-state index in [-0.39, 0.29) is 23.6 Å². The second-order valence-electron chi connectivity index (χ2n) is 7.93. The van der Waals surface area contributed by atoms with Crippen molar-refractivity contribution in [2.45, 2.75) is 45.1 Å². The number of hydrogen-bond acceptors (Lipinski definition) is 3. The Labute approximate surface area is 157 Å². The van der Waals surface area contributed by atoms with Crippen LogP contribution in [0.4, 0.5) is 0 Å². The molecular weight excluding hydrogens is 346 g/mol. The number of aliphatic carboxylic acids is 1. The molecule has 2 N–H and O–H groups in total. The maximum Gasteiger partial charge on any atom is 0.326 e. The van der Waals surface area contributed by atoms with Crippen molar-refractivity contribution in [3.63, 3.8) is 0 Å². The van der Waals surface area contributed by atoms with Gasteiger partial charge in [-0.3, -0.25) is 14.2 Å². The Balaban J connectivity index is 1.58. The highest BCUT2D eigenvalue weighted by Gasteiger charge is 2.33. The molecule has 1 aromatic heterocycles. The van der Waals surface area contributed by atoms with Gasteiger partial charge < -0.3 is 15.0 Å². The van der Waals surface area contributed by atoms with E-state index in [2.05, 4.69) is 4.98 Å². The van der Waals surface area contributed by atoms with E-state index >= 15 is 0 Å². The number of hydrogen-bond donors (Lipinski definition) is 2. The van der Waals surface area contributed by atoms with E-state index in [4.69, 9.17) is 0 Å². The molecular formula is C20H25N3O4. The van der Waals surface area contributed by atoms with Crippen LogP contribution in [0.3, 0.4) is 0 Å².